The second-order valence-corrected chi connectivity index (χ2v) is 7.65. The van der Waals surface area contributed by atoms with Crippen LogP contribution in [0.1, 0.15) is 36.2 Å². The van der Waals surface area contributed by atoms with Crippen LogP contribution in [0.3, 0.4) is 0 Å². The number of hydrogen-bond donors (Lipinski definition) is 2. The number of nitrogens with two attached hydrogens (primary N) is 1. The monoisotopic (exact) mass is 337 g/mol. The highest BCUT2D eigenvalue weighted by molar-refractivity contribution is 6.00. The summed E-state index contributed by atoms with van der Waals surface area (Å²) < 4.78 is 0. The van der Waals surface area contributed by atoms with Crippen molar-refractivity contribution < 1.29 is 4.79 Å². The number of piperidine rings is 1. The molecule has 0 aromatic heterocycles. The van der Waals surface area contributed by atoms with Crippen molar-refractivity contribution in [3.05, 3.63) is 59.7 Å². The predicted octanol–water partition coefficient (Wildman–Crippen LogP) is 3.94. The zero-order valence-corrected chi connectivity index (χ0v) is 15.3. The lowest BCUT2D eigenvalue weighted by Crippen LogP contribution is -2.54. The summed E-state index contributed by atoms with van der Waals surface area (Å²) in [4.78, 5) is 15.0. The van der Waals surface area contributed by atoms with Crippen molar-refractivity contribution in [1.29, 1.82) is 0 Å². The Morgan fingerprint density at radius 3 is 2.52 bits per heavy atom. The third-order valence-corrected chi connectivity index (χ3v) is 5.09. The van der Waals surface area contributed by atoms with Crippen LogP contribution in [0.15, 0.2) is 48.5 Å². The Hall–Kier alpha value is -2.33. The number of hydrogen-bond acceptors (Lipinski definition) is 3. The first-order chi connectivity index (χ1) is 11.9. The maximum atomic E-state index is 13.1. The molecule has 1 atom stereocenters. The van der Waals surface area contributed by atoms with Gasteiger partial charge in [0.25, 0.3) is 5.91 Å². The van der Waals surface area contributed by atoms with Crippen molar-refractivity contribution in [2.75, 3.05) is 18.4 Å². The summed E-state index contributed by atoms with van der Waals surface area (Å²) in [5, 5.41) is 3.38. The molecule has 0 aliphatic carbocycles. The van der Waals surface area contributed by atoms with Gasteiger partial charge in [0.1, 0.15) is 0 Å². The van der Waals surface area contributed by atoms with Crippen LogP contribution in [0.25, 0.3) is 0 Å². The molecular weight excluding hydrogens is 310 g/mol. The first-order valence-electron chi connectivity index (χ1n) is 8.84. The molecule has 1 aliphatic rings. The lowest BCUT2D eigenvalue weighted by Gasteiger charge is -2.42. The molecule has 1 saturated heterocycles. The second-order valence-electron chi connectivity index (χ2n) is 7.65. The second kappa shape index (κ2) is 6.89. The van der Waals surface area contributed by atoms with Gasteiger partial charge in [-0.15, -0.1) is 0 Å². The van der Waals surface area contributed by atoms with E-state index in [-0.39, 0.29) is 17.4 Å². The summed E-state index contributed by atoms with van der Waals surface area (Å²) in [6.45, 7) is 7.72. The van der Waals surface area contributed by atoms with Crippen LogP contribution in [-0.2, 0) is 0 Å². The summed E-state index contributed by atoms with van der Waals surface area (Å²) >= 11 is 0. The van der Waals surface area contributed by atoms with Gasteiger partial charge >= 0.3 is 0 Å². The van der Waals surface area contributed by atoms with E-state index in [2.05, 4.69) is 38.2 Å². The van der Waals surface area contributed by atoms with Gasteiger partial charge < -0.3 is 16.0 Å². The van der Waals surface area contributed by atoms with E-state index in [1.165, 1.54) is 5.56 Å². The number of anilines is 2. The molecule has 4 heteroatoms. The van der Waals surface area contributed by atoms with Gasteiger partial charge in [0.15, 0.2) is 0 Å². The van der Waals surface area contributed by atoms with Gasteiger partial charge in [0.05, 0.1) is 11.3 Å². The van der Waals surface area contributed by atoms with Gasteiger partial charge in [-0.05, 0) is 43.0 Å². The molecule has 132 valence electrons. The molecule has 0 radical (unpaired) electrons. The topological polar surface area (TPSA) is 58.4 Å². The Morgan fingerprint density at radius 2 is 1.84 bits per heavy atom. The number of para-hydroxylation sites is 1. The Balaban J connectivity index is 1.82. The molecular formula is C21H27N3O. The highest BCUT2D eigenvalue weighted by Crippen LogP contribution is 2.30. The number of carbonyl (C=O) groups is 1. The summed E-state index contributed by atoms with van der Waals surface area (Å²) in [5.41, 5.74) is 9.87. The maximum Gasteiger partial charge on any atom is 0.255 e. The molecule has 1 fully saturated rings. The van der Waals surface area contributed by atoms with Gasteiger partial charge in [-0.1, -0.05) is 43.7 Å². The number of nitrogens with one attached hydrogen (secondary N) is 1. The normalized spacial score (nSPS) is 19.5. The van der Waals surface area contributed by atoms with Crippen LogP contribution in [0.4, 0.5) is 11.4 Å². The fourth-order valence-corrected chi connectivity index (χ4v) is 3.29. The minimum atomic E-state index is -0.0623. The highest BCUT2D eigenvalue weighted by Gasteiger charge is 2.35. The number of benzene rings is 2. The molecule has 2 aromatic carbocycles. The molecule has 25 heavy (non-hydrogen) atoms. The summed E-state index contributed by atoms with van der Waals surface area (Å²) in [6, 6.07) is 16.0. The summed E-state index contributed by atoms with van der Waals surface area (Å²) in [6.07, 6.45) is 0.840. The Labute approximate surface area is 150 Å². The molecule has 0 spiro atoms. The largest absolute Gasteiger partial charge is 0.355 e. The van der Waals surface area contributed by atoms with Crippen LogP contribution < -0.4 is 11.1 Å². The van der Waals surface area contributed by atoms with Crippen LogP contribution >= 0.6 is 0 Å². The van der Waals surface area contributed by atoms with E-state index in [1.807, 2.05) is 41.3 Å². The lowest BCUT2D eigenvalue weighted by atomic mass is 9.79. The van der Waals surface area contributed by atoms with Crippen molar-refractivity contribution in [2.45, 2.75) is 33.2 Å². The molecule has 0 bridgehead atoms. The first kappa shape index (κ1) is 17.5. The lowest BCUT2D eigenvalue weighted by molar-refractivity contribution is 0.0534. The predicted molar refractivity (Wildman–Crippen MR) is 103 cm³/mol. The quantitative estimate of drug-likeness (QED) is 0.892. The number of amides is 1. The fourth-order valence-electron chi connectivity index (χ4n) is 3.29. The molecule has 2 aromatic rings. The molecule has 3 rings (SSSR count). The van der Waals surface area contributed by atoms with Gasteiger partial charge in [-0.2, -0.15) is 0 Å². The molecule has 4 nitrogen and oxygen atoms in total. The Kier molecular flexibility index (Phi) is 4.82. The zero-order chi connectivity index (χ0) is 18.0. The van der Waals surface area contributed by atoms with Gasteiger partial charge in [-0.3, -0.25) is 4.79 Å². The van der Waals surface area contributed by atoms with E-state index in [1.54, 1.807) is 0 Å². The summed E-state index contributed by atoms with van der Waals surface area (Å²) in [5.74, 6) is 0.0650. The summed E-state index contributed by atoms with van der Waals surface area (Å²) in [7, 11) is 0. The van der Waals surface area contributed by atoms with E-state index in [0.29, 0.717) is 18.7 Å². The van der Waals surface area contributed by atoms with Crippen molar-refractivity contribution in [2.24, 2.45) is 11.1 Å². The fraction of sp³-hybridized carbons (Fsp3) is 0.381. The van der Waals surface area contributed by atoms with Gasteiger partial charge in [0.2, 0.25) is 0 Å². The van der Waals surface area contributed by atoms with Crippen LogP contribution in [0.2, 0.25) is 0 Å². The van der Waals surface area contributed by atoms with Crippen molar-refractivity contribution >= 4 is 17.3 Å². The van der Waals surface area contributed by atoms with E-state index in [9.17, 15) is 4.79 Å². The minimum Gasteiger partial charge on any atom is -0.355 e. The number of rotatable bonds is 3. The Morgan fingerprint density at radius 1 is 1.16 bits per heavy atom. The van der Waals surface area contributed by atoms with Crippen molar-refractivity contribution in [3.63, 3.8) is 0 Å². The SMILES string of the molecule is Cc1ccc(Nc2ccccc2C(=O)N2CCC(N)C(C)(C)C2)cc1. The number of nitrogens with zero attached hydrogens (tertiary/aromatic N) is 1. The number of aryl methyl sites for hydroxylation is 1. The number of carbonyl (C=O) groups excluding carboxylic acids is 1. The maximum absolute atomic E-state index is 13.1. The van der Waals surface area contributed by atoms with E-state index >= 15 is 0 Å². The molecule has 0 saturated carbocycles. The van der Waals surface area contributed by atoms with Gasteiger partial charge in [0, 0.05) is 24.8 Å². The van der Waals surface area contributed by atoms with Crippen LogP contribution in [-0.4, -0.2) is 29.9 Å². The molecule has 1 heterocycles. The molecule has 1 aliphatic heterocycles. The van der Waals surface area contributed by atoms with Gasteiger partial charge in [-0.25, -0.2) is 0 Å². The van der Waals surface area contributed by atoms with E-state index in [4.69, 9.17) is 5.73 Å². The third-order valence-electron chi connectivity index (χ3n) is 5.09. The van der Waals surface area contributed by atoms with Crippen molar-refractivity contribution in [1.82, 2.24) is 4.90 Å². The standard InChI is InChI=1S/C21H27N3O/c1-15-8-10-16(11-9-15)23-18-7-5-4-6-17(18)20(25)24-13-12-19(22)21(2,3)14-24/h4-11,19,23H,12-14,22H2,1-3H3. The first-order valence-corrected chi connectivity index (χ1v) is 8.84. The number of likely N-dealkylation sites (tertiary alicyclic amines) is 1. The molecule has 3 N–H and O–H groups in total. The Bertz CT molecular complexity index is 752. The van der Waals surface area contributed by atoms with Crippen molar-refractivity contribution in [3.8, 4) is 0 Å². The minimum absolute atomic E-state index is 0.0623. The van der Waals surface area contributed by atoms with E-state index in [0.717, 1.165) is 17.8 Å². The molecule has 1 amide bonds. The average Bonchev–Trinajstić information content (AvgIpc) is 2.59. The smallest absolute Gasteiger partial charge is 0.255 e. The third kappa shape index (κ3) is 3.85. The molecule has 1 unspecified atom stereocenters. The van der Waals surface area contributed by atoms with Crippen LogP contribution in [0.5, 0.6) is 0 Å². The van der Waals surface area contributed by atoms with Crippen LogP contribution in [0, 0.1) is 12.3 Å². The zero-order valence-electron chi connectivity index (χ0n) is 15.3. The van der Waals surface area contributed by atoms with E-state index < -0.39 is 0 Å². The average molecular weight is 337 g/mol. The highest BCUT2D eigenvalue weighted by atomic mass is 16.2.